The number of methoxy groups -OCH3 is 1. The SMILES string of the molecule is COc1ccc(C=C(C#N)C(N)=S)cc1O. The molecule has 82 valence electrons. The van der Waals surface area contributed by atoms with Gasteiger partial charge in [0.2, 0.25) is 0 Å². The second kappa shape index (κ2) is 5.14. The first kappa shape index (κ1) is 12.0. The summed E-state index contributed by atoms with van der Waals surface area (Å²) in [5, 5.41) is 18.3. The minimum absolute atomic E-state index is 0.00326. The molecule has 3 N–H and O–H groups in total. The Bertz CT molecular complexity index is 489. The van der Waals surface area contributed by atoms with Gasteiger partial charge in [-0.05, 0) is 23.8 Å². The molecule has 0 heterocycles. The van der Waals surface area contributed by atoms with Gasteiger partial charge in [-0.3, -0.25) is 0 Å². The van der Waals surface area contributed by atoms with Crippen LogP contribution in [0.4, 0.5) is 0 Å². The number of nitrogens with zero attached hydrogens (tertiary/aromatic N) is 1. The van der Waals surface area contributed by atoms with Crippen LogP contribution in [0.15, 0.2) is 23.8 Å². The number of nitrogens with two attached hydrogens (primary N) is 1. The van der Waals surface area contributed by atoms with E-state index in [1.54, 1.807) is 12.1 Å². The van der Waals surface area contributed by atoms with Crippen LogP contribution in [0, 0.1) is 11.3 Å². The van der Waals surface area contributed by atoms with Crippen molar-refractivity contribution >= 4 is 23.3 Å². The van der Waals surface area contributed by atoms with E-state index in [-0.39, 0.29) is 16.3 Å². The van der Waals surface area contributed by atoms with E-state index in [1.807, 2.05) is 6.07 Å². The average Bonchev–Trinajstić information content (AvgIpc) is 2.25. The van der Waals surface area contributed by atoms with Gasteiger partial charge in [-0.25, -0.2) is 0 Å². The number of hydrogen-bond donors (Lipinski definition) is 2. The van der Waals surface area contributed by atoms with Crippen LogP contribution in [0.2, 0.25) is 0 Å². The zero-order valence-corrected chi connectivity index (χ0v) is 9.41. The Kier molecular flexibility index (Phi) is 3.86. The molecule has 4 nitrogen and oxygen atoms in total. The average molecular weight is 234 g/mol. The fraction of sp³-hybridized carbons (Fsp3) is 0.0909. The Hall–Kier alpha value is -2.06. The van der Waals surface area contributed by atoms with Crippen molar-refractivity contribution in [2.75, 3.05) is 7.11 Å². The highest BCUT2D eigenvalue weighted by Crippen LogP contribution is 2.27. The van der Waals surface area contributed by atoms with E-state index < -0.39 is 0 Å². The van der Waals surface area contributed by atoms with Crippen LogP contribution in [0.3, 0.4) is 0 Å². The van der Waals surface area contributed by atoms with Crippen molar-refractivity contribution in [3.05, 3.63) is 29.3 Å². The van der Waals surface area contributed by atoms with Gasteiger partial charge in [0.05, 0.1) is 12.7 Å². The van der Waals surface area contributed by atoms with Crippen molar-refractivity contribution < 1.29 is 9.84 Å². The summed E-state index contributed by atoms with van der Waals surface area (Å²) < 4.78 is 4.89. The molecule has 0 unspecified atom stereocenters. The molecule has 0 spiro atoms. The molecule has 5 heteroatoms. The lowest BCUT2D eigenvalue weighted by atomic mass is 10.1. The van der Waals surface area contributed by atoms with E-state index >= 15 is 0 Å². The number of ether oxygens (including phenoxy) is 1. The molecule has 0 atom stereocenters. The van der Waals surface area contributed by atoms with Gasteiger partial charge >= 0.3 is 0 Å². The Morgan fingerprint density at radius 1 is 1.62 bits per heavy atom. The number of phenols is 1. The Labute approximate surface area is 98.6 Å². The van der Waals surface area contributed by atoms with Crippen LogP contribution in [0.1, 0.15) is 5.56 Å². The third kappa shape index (κ3) is 2.72. The van der Waals surface area contributed by atoms with Crippen molar-refractivity contribution in [1.29, 1.82) is 5.26 Å². The molecule has 0 radical (unpaired) electrons. The van der Waals surface area contributed by atoms with Crippen LogP contribution in [-0.4, -0.2) is 17.2 Å². The zero-order valence-electron chi connectivity index (χ0n) is 8.60. The topological polar surface area (TPSA) is 79.3 Å². The summed E-state index contributed by atoms with van der Waals surface area (Å²) >= 11 is 4.70. The molecular weight excluding hydrogens is 224 g/mol. The van der Waals surface area contributed by atoms with Gasteiger partial charge in [0.1, 0.15) is 11.1 Å². The number of aromatic hydroxyl groups is 1. The molecule has 0 bridgehead atoms. The lowest BCUT2D eigenvalue weighted by Crippen LogP contribution is -2.09. The first-order chi connectivity index (χ1) is 7.58. The minimum Gasteiger partial charge on any atom is -0.504 e. The number of phenolic OH excluding ortho intramolecular Hbond substituents is 1. The zero-order chi connectivity index (χ0) is 12.1. The normalized spacial score (nSPS) is 10.6. The molecule has 0 aromatic heterocycles. The second-order valence-corrected chi connectivity index (χ2v) is 3.41. The summed E-state index contributed by atoms with van der Waals surface area (Å²) in [6, 6.07) is 6.63. The quantitative estimate of drug-likeness (QED) is 0.471. The van der Waals surface area contributed by atoms with E-state index in [2.05, 4.69) is 0 Å². The smallest absolute Gasteiger partial charge is 0.160 e. The van der Waals surface area contributed by atoms with Crippen LogP contribution >= 0.6 is 12.2 Å². The van der Waals surface area contributed by atoms with Crippen molar-refractivity contribution in [2.24, 2.45) is 5.73 Å². The number of nitriles is 1. The molecule has 0 aliphatic rings. The maximum absolute atomic E-state index is 9.51. The fourth-order valence-corrected chi connectivity index (χ4v) is 1.23. The maximum atomic E-state index is 9.51. The molecule has 0 aliphatic carbocycles. The molecule has 1 rings (SSSR count). The third-order valence-corrected chi connectivity index (χ3v) is 2.12. The van der Waals surface area contributed by atoms with Crippen LogP contribution in [-0.2, 0) is 0 Å². The van der Waals surface area contributed by atoms with Gasteiger partial charge in [-0.2, -0.15) is 5.26 Å². The van der Waals surface area contributed by atoms with Crippen molar-refractivity contribution in [3.63, 3.8) is 0 Å². The monoisotopic (exact) mass is 234 g/mol. The summed E-state index contributed by atoms with van der Waals surface area (Å²) in [5.74, 6) is 0.363. The lowest BCUT2D eigenvalue weighted by Gasteiger charge is -2.03. The van der Waals surface area contributed by atoms with Gasteiger partial charge in [-0.15, -0.1) is 0 Å². The first-order valence-corrected chi connectivity index (χ1v) is 4.78. The summed E-state index contributed by atoms with van der Waals surface area (Å²) in [5.41, 5.74) is 6.16. The predicted molar refractivity (Wildman–Crippen MR) is 65.0 cm³/mol. The van der Waals surface area contributed by atoms with Crippen molar-refractivity contribution in [2.45, 2.75) is 0 Å². The van der Waals surface area contributed by atoms with Crippen LogP contribution in [0.25, 0.3) is 6.08 Å². The van der Waals surface area contributed by atoms with Gasteiger partial charge < -0.3 is 15.6 Å². The highest BCUT2D eigenvalue weighted by molar-refractivity contribution is 7.80. The molecule has 1 aromatic rings. The van der Waals surface area contributed by atoms with E-state index in [0.717, 1.165) is 0 Å². The number of hydrogen-bond acceptors (Lipinski definition) is 4. The Balaban J connectivity index is 3.12. The van der Waals surface area contributed by atoms with Crippen molar-refractivity contribution in [3.8, 4) is 17.6 Å². The molecule has 16 heavy (non-hydrogen) atoms. The van der Waals surface area contributed by atoms with E-state index in [4.69, 9.17) is 28.0 Å². The standard InChI is InChI=1S/C11H10N2O2S/c1-15-10-3-2-7(5-9(10)14)4-8(6-12)11(13)16/h2-5,14H,1H3,(H2,13,16). The summed E-state index contributed by atoms with van der Waals surface area (Å²) in [4.78, 5) is 0.0257. The van der Waals surface area contributed by atoms with E-state index in [9.17, 15) is 5.11 Å². The largest absolute Gasteiger partial charge is 0.504 e. The summed E-state index contributed by atoms with van der Waals surface area (Å²) in [6.45, 7) is 0. The Morgan fingerprint density at radius 3 is 2.75 bits per heavy atom. The summed E-state index contributed by atoms with van der Waals surface area (Å²) in [6.07, 6.45) is 1.50. The van der Waals surface area contributed by atoms with Crippen LogP contribution in [0.5, 0.6) is 11.5 Å². The molecule has 1 aromatic carbocycles. The molecular formula is C11H10N2O2S. The molecule has 0 saturated heterocycles. The summed E-state index contributed by atoms with van der Waals surface area (Å²) in [7, 11) is 1.46. The Morgan fingerprint density at radius 2 is 2.31 bits per heavy atom. The molecule has 0 aliphatic heterocycles. The van der Waals surface area contributed by atoms with Crippen molar-refractivity contribution in [1.82, 2.24) is 0 Å². The second-order valence-electron chi connectivity index (χ2n) is 2.97. The van der Waals surface area contributed by atoms with Gasteiger partial charge in [0, 0.05) is 0 Å². The van der Waals surface area contributed by atoms with Gasteiger partial charge in [-0.1, -0.05) is 18.3 Å². The lowest BCUT2D eigenvalue weighted by molar-refractivity contribution is 0.373. The highest BCUT2D eigenvalue weighted by atomic mass is 32.1. The first-order valence-electron chi connectivity index (χ1n) is 4.37. The minimum atomic E-state index is -0.00326. The maximum Gasteiger partial charge on any atom is 0.160 e. The van der Waals surface area contributed by atoms with Gasteiger partial charge in [0.15, 0.2) is 11.5 Å². The number of thiocarbonyl (C=S) groups is 1. The van der Waals surface area contributed by atoms with E-state index in [1.165, 1.54) is 19.3 Å². The predicted octanol–water partition coefficient (Wildman–Crippen LogP) is 1.59. The highest BCUT2D eigenvalue weighted by Gasteiger charge is 2.03. The molecule has 0 saturated carbocycles. The van der Waals surface area contributed by atoms with E-state index in [0.29, 0.717) is 11.3 Å². The van der Waals surface area contributed by atoms with Gasteiger partial charge in [0.25, 0.3) is 0 Å². The fourth-order valence-electron chi connectivity index (χ4n) is 1.12. The number of benzene rings is 1. The molecule has 0 fully saturated rings. The third-order valence-electron chi connectivity index (χ3n) is 1.90. The molecule has 0 amide bonds. The number of rotatable bonds is 3. The van der Waals surface area contributed by atoms with Crippen LogP contribution < -0.4 is 10.5 Å².